The fourth-order valence-electron chi connectivity index (χ4n) is 2.71. The Kier molecular flexibility index (Phi) is 5.78. The topological polar surface area (TPSA) is 76.7 Å². The third kappa shape index (κ3) is 4.16. The fraction of sp³-hybridized carbons (Fsp3) is 0.368. The number of para-hydroxylation sites is 2. The van der Waals surface area contributed by atoms with E-state index in [1.54, 1.807) is 14.0 Å². The summed E-state index contributed by atoms with van der Waals surface area (Å²) in [5.74, 6) is 0.469. The number of methoxy groups -OCH3 is 1. The maximum atomic E-state index is 12.4. The summed E-state index contributed by atoms with van der Waals surface area (Å²) in [6, 6.07) is 7.39. The molecule has 0 aliphatic heterocycles. The van der Waals surface area contributed by atoms with Gasteiger partial charge in [-0.3, -0.25) is 4.79 Å². The molecule has 2 aromatic rings. The Morgan fingerprint density at radius 2 is 2.04 bits per heavy atom. The van der Waals surface area contributed by atoms with Crippen LogP contribution in [0.5, 0.6) is 5.75 Å². The molecule has 1 heterocycles. The molecule has 1 fully saturated rings. The molecule has 2 N–H and O–H groups in total. The van der Waals surface area contributed by atoms with Crippen LogP contribution in [-0.4, -0.2) is 32.1 Å². The first kappa shape index (κ1) is 18.3. The summed E-state index contributed by atoms with van der Waals surface area (Å²) in [4.78, 5) is 24.7. The lowest BCUT2D eigenvalue weighted by molar-refractivity contribution is -0.114. The van der Waals surface area contributed by atoms with E-state index in [1.165, 1.54) is 11.3 Å². The van der Waals surface area contributed by atoms with E-state index >= 15 is 0 Å². The number of carbonyl (C=O) groups excluding carboxylic acids is 2. The number of nitrogens with one attached hydrogen (secondary N) is 2. The molecule has 6 nitrogen and oxygen atoms in total. The second kappa shape index (κ2) is 8.23. The van der Waals surface area contributed by atoms with Gasteiger partial charge in [0.25, 0.3) is 0 Å². The Morgan fingerprint density at radius 3 is 2.73 bits per heavy atom. The monoisotopic (exact) mass is 374 g/mol. The number of carbonyl (C=O) groups is 2. The number of hydrogen-bond donors (Lipinski definition) is 2. The summed E-state index contributed by atoms with van der Waals surface area (Å²) in [7, 11) is 1.58. The molecular weight excluding hydrogens is 352 g/mol. The average molecular weight is 374 g/mol. The van der Waals surface area contributed by atoms with Crippen LogP contribution in [0.2, 0.25) is 0 Å². The summed E-state index contributed by atoms with van der Waals surface area (Å²) in [5.41, 5.74) is 2.23. The standard InChI is InChI=1S/C19H22N2O4S/c1-3-25-19(23)17-13(12-8-9-12)11-26-18(17)21-16(22)10-20-14-6-4-5-7-15(14)24-2/h4-7,11-12,20H,3,8-10H2,1-2H3,(H,21,22). The Morgan fingerprint density at radius 1 is 1.27 bits per heavy atom. The van der Waals surface area contributed by atoms with E-state index in [0.29, 0.717) is 28.8 Å². The molecule has 7 heteroatoms. The van der Waals surface area contributed by atoms with Crippen molar-refractivity contribution in [1.29, 1.82) is 0 Å². The summed E-state index contributed by atoms with van der Waals surface area (Å²) < 4.78 is 10.4. The lowest BCUT2D eigenvalue weighted by atomic mass is 10.1. The van der Waals surface area contributed by atoms with Crippen LogP contribution in [-0.2, 0) is 9.53 Å². The van der Waals surface area contributed by atoms with Crippen LogP contribution in [0.3, 0.4) is 0 Å². The summed E-state index contributed by atoms with van der Waals surface area (Å²) in [5, 5.41) is 8.39. The quantitative estimate of drug-likeness (QED) is 0.686. The van der Waals surface area contributed by atoms with Crippen LogP contribution >= 0.6 is 11.3 Å². The zero-order valence-corrected chi connectivity index (χ0v) is 15.7. The van der Waals surface area contributed by atoms with Crippen molar-refractivity contribution in [2.45, 2.75) is 25.7 Å². The number of esters is 1. The van der Waals surface area contributed by atoms with Crippen LogP contribution in [0.4, 0.5) is 10.7 Å². The zero-order valence-electron chi connectivity index (χ0n) is 14.8. The van der Waals surface area contributed by atoms with Crippen LogP contribution in [0.1, 0.15) is 41.6 Å². The highest BCUT2D eigenvalue weighted by atomic mass is 32.1. The van der Waals surface area contributed by atoms with Crippen molar-refractivity contribution >= 4 is 33.9 Å². The van der Waals surface area contributed by atoms with Crippen LogP contribution in [0.15, 0.2) is 29.6 Å². The van der Waals surface area contributed by atoms with Gasteiger partial charge in [0.2, 0.25) is 5.91 Å². The second-order valence-electron chi connectivity index (χ2n) is 5.99. The third-order valence-electron chi connectivity index (χ3n) is 4.12. The van der Waals surface area contributed by atoms with E-state index in [0.717, 1.165) is 24.1 Å². The van der Waals surface area contributed by atoms with Crippen molar-refractivity contribution in [3.8, 4) is 5.75 Å². The Hall–Kier alpha value is -2.54. The van der Waals surface area contributed by atoms with Crippen molar-refractivity contribution < 1.29 is 19.1 Å². The summed E-state index contributed by atoms with van der Waals surface area (Å²) >= 11 is 1.37. The normalized spacial score (nSPS) is 13.2. The van der Waals surface area contributed by atoms with E-state index in [9.17, 15) is 9.59 Å². The van der Waals surface area contributed by atoms with Crippen molar-refractivity contribution in [1.82, 2.24) is 0 Å². The average Bonchev–Trinajstić information content (AvgIpc) is 3.41. The molecule has 0 atom stereocenters. The number of anilines is 2. The Balaban J connectivity index is 1.68. The zero-order chi connectivity index (χ0) is 18.5. The number of thiophene rings is 1. The Bertz CT molecular complexity index is 799. The number of amides is 1. The highest BCUT2D eigenvalue weighted by Gasteiger charge is 2.32. The number of rotatable bonds is 8. The van der Waals surface area contributed by atoms with Gasteiger partial charge in [-0.15, -0.1) is 11.3 Å². The number of ether oxygens (including phenoxy) is 2. The van der Waals surface area contributed by atoms with E-state index in [-0.39, 0.29) is 18.4 Å². The van der Waals surface area contributed by atoms with Gasteiger partial charge in [0, 0.05) is 0 Å². The molecule has 1 aromatic carbocycles. The van der Waals surface area contributed by atoms with Gasteiger partial charge < -0.3 is 20.1 Å². The smallest absolute Gasteiger partial charge is 0.341 e. The molecule has 0 radical (unpaired) electrons. The highest BCUT2D eigenvalue weighted by molar-refractivity contribution is 7.15. The summed E-state index contributed by atoms with van der Waals surface area (Å²) in [6.45, 7) is 2.15. The largest absolute Gasteiger partial charge is 0.495 e. The molecule has 0 spiro atoms. The minimum atomic E-state index is -0.372. The van der Waals surface area contributed by atoms with Crippen molar-refractivity contribution in [2.24, 2.45) is 0 Å². The van der Waals surface area contributed by atoms with Gasteiger partial charge >= 0.3 is 5.97 Å². The van der Waals surface area contributed by atoms with E-state index < -0.39 is 0 Å². The SMILES string of the molecule is CCOC(=O)c1c(C2CC2)csc1NC(=O)CNc1ccccc1OC. The van der Waals surface area contributed by atoms with Crippen LogP contribution in [0.25, 0.3) is 0 Å². The first-order valence-electron chi connectivity index (χ1n) is 8.59. The highest BCUT2D eigenvalue weighted by Crippen LogP contribution is 2.46. The molecule has 1 aliphatic rings. The van der Waals surface area contributed by atoms with Gasteiger partial charge in [-0.25, -0.2) is 4.79 Å². The van der Waals surface area contributed by atoms with Gasteiger partial charge in [0.05, 0.1) is 31.5 Å². The van der Waals surface area contributed by atoms with E-state index in [2.05, 4.69) is 10.6 Å². The number of benzene rings is 1. The minimum absolute atomic E-state index is 0.0688. The lowest BCUT2D eigenvalue weighted by Gasteiger charge is -2.11. The molecule has 1 amide bonds. The molecule has 1 aromatic heterocycles. The molecule has 1 saturated carbocycles. The van der Waals surface area contributed by atoms with E-state index in [4.69, 9.17) is 9.47 Å². The van der Waals surface area contributed by atoms with Gasteiger partial charge in [-0.05, 0) is 48.8 Å². The van der Waals surface area contributed by atoms with Gasteiger partial charge in [0.15, 0.2) is 0 Å². The molecule has 1 aliphatic carbocycles. The molecule has 0 saturated heterocycles. The maximum Gasteiger partial charge on any atom is 0.341 e. The minimum Gasteiger partial charge on any atom is -0.495 e. The first-order valence-corrected chi connectivity index (χ1v) is 9.47. The molecule has 0 unspecified atom stereocenters. The Labute approximate surface area is 156 Å². The van der Waals surface area contributed by atoms with E-state index in [1.807, 2.05) is 29.6 Å². The molecule has 138 valence electrons. The first-order chi connectivity index (χ1) is 12.6. The van der Waals surface area contributed by atoms with Crippen LogP contribution < -0.4 is 15.4 Å². The van der Waals surface area contributed by atoms with Gasteiger partial charge in [-0.2, -0.15) is 0 Å². The molecule has 26 heavy (non-hydrogen) atoms. The van der Waals surface area contributed by atoms with Crippen molar-refractivity contribution in [3.05, 3.63) is 40.8 Å². The summed E-state index contributed by atoms with van der Waals surface area (Å²) in [6.07, 6.45) is 2.15. The number of hydrogen-bond acceptors (Lipinski definition) is 6. The van der Waals surface area contributed by atoms with Crippen molar-refractivity contribution in [2.75, 3.05) is 30.9 Å². The third-order valence-corrected chi connectivity index (χ3v) is 5.03. The van der Waals surface area contributed by atoms with Gasteiger partial charge in [0.1, 0.15) is 10.8 Å². The second-order valence-corrected chi connectivity index (χ2v) is 6.87. The lowest BCUT2D eigenvalue weighted by Crippen LogP contribution is -2.22. The molecule has 0 bridgehead atoms. The fourth-order valence-corrected chi connectivity index (χ4v) is 3.76. The maximum absolute atomic E-state index is 12.4. The molecule has 3 rings (SSSR count). The van der Waals surface area contributed by atoms with Gasteiger partial charge in [-0.1, -0.05) is 12.1 Å². The molecular formula is C19H22N2O4S. The predicted octanol–water partition coefficient (Wildman–Crippen LogP) is 3.86. The van der Waals surface area contributed by atoms with Crippen molar-refractivity contribution in [3.63, 3.8) is 0 Å². The predicted molar refractivity (Wildman–Crippen MR) is 102 cm³/mol. The van der Waals surface area contributed by atoms with Crippen LogP contribution in [0, 0.1) is 0 Å².